The molecule has 1 aromatic heterocycles. The lowest BCUT2D eigenvalue weighted by molar-refractivity contribution is -0.0979. The molecule has 0 N–H and O–H groups in total. The van der Waals surface area contributed by atoms with Crippen LogP contribution in [0.2, 0.25) is 0 Å². The standard InChI is InChI=1S/C6H7NO.CH2O/c1-8-6-3-2-4-7-5-6;1-2/h2-5H,1H3;1H2. The number of aromatic nitrogens is 1. The van der Waals surface area contributed by atoms with Crippen LogP contribution in [0.5, 0.6) is 5.75 Å². The quantitative estimate of drug-likeness (QED) is 0.580. The fourth-order valence-electron chi connectivity index (χ4n) is 0.468. The number of nitrogens with zero attached hydrogens (tertiary/aromatic N) is 1. The van der Waals surface area contributed by atoms with Gasteiger partial charge in [-0.2, -0.15) is 0 Å². The molecule has 0 fully saturated rings. The highest BCUT2D eigenvalue weighted by atomic mass is 16.5. The second-order valence-corrected chi connectivity index (χ2v) is 1.39. The zero-order valence-corrected chi connectivity index (χ0v) is 5.78. The molecule has 0 atom stereocenters. The molecule has 0 spiro atoms. The van der Waals surface area contributed by atoms with Crippen LogP contribution >= 0.6 is 0 Å². The molecule has 0 saturated carbocycles. The second-order valence-electron chi connectivity index (χ2n) is 1.39. The van der Waals surface area contributed by atoms with E-state index >= 15 is 0 Å². The third-order valence-electron chi connectivity index (χ3n) is 0.870. The van der Waals surface area contributed by atoms with Crippen molar-refractivity contribution in [1.29, 1.82) is 0 Å². The van der Waals surface area contributed by atoms with Crippen molar-refractivity contribution in [1.82, 2.24) is 4.98 Å². The maximum Gasteiger partial charge on any atom is 0.137 e. The first kappa shape index (κ1) is 8.62. The molecule has 1 heterocycles. The molecule has 0 unspecified atom stereocenters. The Hall–Kier alpha value is -1.38. The van der Waals surface area contributed by atoms with E-state index in [4.69, 9.17) is 9.53 Å². The molecule has 0 aliphatic rings. The minimum Gasteiger partial charge on any atom is -0.495 e. The Balaban J connectivity index is 0.000000371. The van der Waals surface area contributed by atoms with Gasteiger partial charge in [0.15, 0.2) is 0 Å². The van der Waals surface area contributed by atoms with Crippen LogP contribution < -0.4 is 4.74 Å². The first-order chi connectivity index (χ1) is 4.93. The molecule has 10 heavy (non-hydrogen) atoms. The van der Waals surface area contributed by atoms with E-state index in [1.54, 1.807) is 19.5 Å². The van der Waals surface area contributed by atoms with Crippen LogP contribution in [0, 0.1) is 0 Å². The lowest BCUT2D eigenvalue weighted by Crippen LogP contribution is -1.80. The molecule has 1 rings (SSSR count). The first-order valence-electron chi connectivity index (χ1n) is 2.66. The lowest BCUT2D eigenvalue weighted by Gasteiger charge is -1.93. The summed E-state index contributed by atoms with van der Waals surface area (Å²) in [7, 11) is 1.62. The van der Waals surface area contributed by atoms with Gasteiger partial charge < -0.3 is 9.53 Å². The third-order valence-corrected chi connectivity index (χ3v) is 0.870. The Morgan fingerprint density at radius 3 is 2.60 bits per heavy atom. The van der Waals surface area contributed by atoms with Gasteiger partial charge in [-0.15, -0.1) is 0 Å². The normalized spacial score (nSPS) is 7.30. The van der Waals surface area contributed by atoms with Gasteiger partial charge in [-0.05, 0) is 12.1 Å². The van der Waals surface area contributed by atoms with E-state index in [2.05, 4.69) is 4.98 Å². The zero-order valence-electron chi connectivity index (χ0n) is 5.78. The molecule has 3 nitrogen and oxygen atoms in total. The van der Waals surface area contributed by atoms with Gasteiger partial charge in [-0.1, -0.05) is 0 Å². The zero-order chi connectivity index (χ0) is 7.82. The van der Waals surface area contributed by atoms with Crippen LogP contribution in [0.15, 0.2) is 24.5 Å². The summed E-state index contributed by atoms with van der Waals surface area (Å²) in [5, 5.41) is 0. The van der Waals surface area contributed by atoms with Crippen molar-refractivity contribution in [3.63, 3.8) is 0 Å². The average molecular weight is 139 g/mol. The lowest BCUT2D eigenvalue weighted by atomic mass is 10.5. The highest BCUT2D eigenvalue weighted by Crippen LogP contribution is 2.02. The van der Waals surface area contributed by atoms with Crippen LogP contribution in [-0.2, 0) is 4.79 Å². The molecule has 0 amide bonds. The molecule has 0 aliphatic carbocycles. The molecular formula is C7H9NO2. The summed E-state index contributed by atoms with van der Waals surface area (Å²) in [6, 6.07) is 3.69. The van der Waals surface area contributed by atoms with Gasteiger partial charge in [-0.25, -0.2) is 0 Å². The summed E-state index contributed by atoms with van der Waals surface area (Å²) in [4.78, 5) is 11.8. The fourth-order valence-corrected chi connectivity index (χ4v) is 0.468. The molecular weight excluding hydrogens is 130 g/mol. The van der Waals surface area contributed by atoms with Crippen molar-refractivity contribution in [2.75, 3.05) is 7.11 Å². The molecule has 0 aromatic carbocycles. The van der Waals surface area contributed by atoms with Crippen LogP contribution in [0.25, 0.3) is 0 Å². The van der Waals surface area contributed by atoms with E-state index in [1.165, 1.54) is 0 Å². The number of carbonyl (C=O) groups excluding carboxylic acids is 1. The van der Waals surface area contributed by atoms with Gasteiger partial charge in [0.2, 0.25) is 0 Å². The Labute approximate surface area is 59.7 Å². The Kier molecular flexibility index (Phi) is 4.96. The van der Waals surface area contributed by atoms with Crippen LogP contribution in [0.3, 0.4) is 0 Å². The minimum absolute atomic E-state index is 0.799. The maximum absolute atomic E-state index is 8.00. The monoisotopic (exact) mass is 139 g/mol. The Morgan fingerprint density at radius 1 is 1.60 bits per heavy atom. The van der Waals surface area contributed by atoms with E-state index in [0.717, 1.165) is 5.75 Å². The third kappa shape index (κ3) is 2.81. The fraction of sp³-hybridized carbons (Fsp3) is 0.143. The first-order valence-corrected chi connectivity index (χ1v) is 2.66. The average Bonchev–Trinajstić information content (AvgIpc) is 2.10. The highest BCUT2D eigenvalue weighted by molar-refractivity contribution is 5.14. The predicted octanol–water partition coefficient (Wildman–Crippen LogP) is 0.905. The number of hydrogen-bond donors (Lipinski definition) is 0. The number of ether oxygens (including phenoxy) is 1. The second kappa shape index (κ2) is 5.75. The van der Waals surface area contributed by atoms with Crippen molar-refractivity contribution in [2.24, 2.45) is 0 Å². The number of carbonyl (C=O) groups is 1. The summed E-state index contributed by atoms with van der Waals surface area (Å²) >= 11 is 0. The highest BCUT2D eigenvalue weighted by Gasteiger charge is 1.81. The number of pyridine rings is 1. The largest absolute Gasteiger partial charge is 0.495 e. The number of hydrogen-bond acceptors (Lipinski definition) is 3. The van der Waals surface area contributed by atoms with Gasteiger partial charge in [0.1, 0.15) is 12.5 Å². The maximum atomic E-state index is 8.00. The van der Waals surface area contributed by atoms with Gasteiger partial charge in [0.05, 0.1) is 13.3 Å². The van der Waals surface area contributed by atoms with E-state index in [1.807, 2.05) is 18.9 Å². The van der Waals surface area contributed by atoms with Crippen molar-refractivity contribution < 1.29 is 9.53 Å². The summed E-state index contributed by atoms with van der Waals surface area (Å²) < 4.78 is 4.85. The smallest absolute Gasteiger partial charge is 0.137 e. The van der Waals surface area contributed by atoms with Crippen molar-refractivity contribution in [3.05, 3.63) is 24.5 Å². The molecule has 54 valence electrons. The van der Waals surface area contributed by atoms with Crippen molar-refractivity contribution in [2.45, 2.75) is 0 Å². The summed E-state index contributed by atoms with van der Waals surface area (Å²) in [5.41, 5.74) is 0. The minimum atomic E-state index is 0.799. The van der Waals surface area contributed by atoms with E-state index in [-0.39, 0.29) is 0 Å². The number of methoxy groups -OCH3 is 1. The SMILES string of the molecule is C=O.COc1cccnc1. The van der Waals surface area contributed by atoms with Crippen molar-refractivity contribution >= 4 is 6.79 Å². The molecule has 0 saturated heterocycles. The van der Waals surface area contributed by atoms with Gasteiger partial charge in [0, 0.05) is 6.20 Å². The van der Waals surface area contributed by atoms with E-state index < -0.39 is 0 Å². The molecule has 0 aliphatic heterocycles. The predicted molar refractivity (Wildman–Crippen MR) is 37.9 cm³/mol. The Morgan fingerprint density at radius 2 is 2.30 bits per heavy atom. The van der Waals surface area contributed by atoms with E-state index in [0.29, 0.717) is 0 Å². The molecule has 1 aromatic rings. The van der Waals surface area contributed by atoms with Gasteiger partial charge in [0.25, 0.3) is 0 Å². The molecule has 0 bridgehead atoms. The van der Waals surface area contributed by atoms with Gasteiger partial charge in [-0.3, -0.25) is 4.98 Å². The summed E-state index contributed by atoms with van der Waals surface area (Å²) in [5.74, 6) is 0.799. The molecule has 3 heteroatoms. The summed E-state index contributed by atoms with van der Waals surface area (Å²) in [6.07, 6.45) is 3.38. The summed E-state index contributed by atoms with van der Waals surface area (Å²) in [6.45, 7) is 2.00. The van der Waals surface area contributed by atoms with Crippen molar-refractivity contribution in [3.8, 4) is 5.75 Å². The van der Waals surface area contributed by atoms with Gasteiger partial charge >= 0.3 is 0 Å². The van der Waals surface area contributed by atoms with E-state index in [9.17, 15) is 0 Å². The van der Waals surface area contributed by atoms with Crippen LogP contribution in [0.4, 0.5) is 0 Å². The Bertz CT molecular complexity index is 165. The van der Waals surface area contributed by atoms with Crippen LogP contribution in [-0.4, -0.2) is 18.9 Å². The molecule has 0 radical (unpaired) electrons. The number of rotatable bonds is 1. The topological polar surface area (TPSA) is 39.2 Å². The van der Waals surface area contributed by atoms with Crippen LogP contribution in [0.1, 0.15) is 0 Å².